The molecule has 2 aliphatic rings. The fourth-order valence-corrected chi connectivity index (χ4v) is 2.71. The standard InChI is InChI=1S/C13H21N3O4/c1-9-3-4-16(10(7-9)12(18)19)13(20)15-6-5-14(2)11(17)8-15/h9-10H,3-8H2,1-2H3,(H,18,19). The third-order valence-corrected chi connectivity index (χ3v) is 4.12. The van der Waals surface area contributed by atoms with Gasteiger partial charge in [0.1, 0.15) is 12.6 Å². The fraction of sp³-hybridized carbons (Fsp3) is 0.769. The van der Waals surface area contributed by atoms with Gasteiger partial charge in [-0.05, 0) is 18.8 Å². The number of likely N-dealkylation sites (N-methyl/N-ethyl adjacent to an activating group) is 1. The zero-order chi connectivity index (χ0) is 14.9. The lowest BCUT2D eigenvalue weighted by atomic mass is 9.92. The summed E-state index contributed by atoms with van der Waals surface area (Å²) in [5.74, 6) is -0.776. The van der Waals surface area contributed by atoms with E-state index in [1.807, 2.05) is 6.92 Å². The highest BCUT2D eigenvalue weighted by molar-refractivity contribution is 5.87. The Morgan fingerprint density at radius 3 is 2.55 bits per heavy atom. The number of urea groups is 1. The van der Waals surface area contributed by atoms with Crippen LogP contribution in [0.1, 0.15) is 19.8 Å². The SMILES string of the molecule is CC1CCN(C(=O)N2CCN(C)C(=O)C2)C(C(=O)O)C1. The molecule has 0 aromatic rings. The Morgan fingerprint density at radius 1 is 1.25 bits per heavy atom. The Balaban J connectivity index is 2.07. The zero-order valence-electron chi connectivity index (χ0n) is 11.9. The maximum atomic E-state index is 12.4. The van der Waals surface area contributed by atoms with Gasteiger partial charge in [-0.1, -0.05) is 6.92 Å². The van der Waals surface area contributed by atoms with Gasteiger partial charge in [-0.15, -0.1) is 0 Å². The Bertz CT molecular complexity index is 426. The number of carboxylic acids is 1. The van der Waals surface area contributed by atoms with Crippen molar-refractivity contribution in [1.82, 2.24) is 14.7 Å². The second-order valence-electron chi connectivity index (χ2n) is 5.70. The van der Waals surface area contributed by atoms with Gasteiger partial charge in [-0.2, -0.15) is 0 Å². The van der Waals surface area contributed by atoms with Crippen molar-refractivity contribution in [2.45, 2.75) is 25.8 Å². The number of nitrogens with zero attached hydrogens (tertiary/aromatic N) is 3. The predicted molar refractivity (Wildman–Crippen MR) is 71.1 cm³/mol. The van der Waals surface area contributed by atoms with Gasteiger partial charge < -0.3 is 19.8 Å². The summed E-state index contributed by atoms with van der Waals surface area (Å²) >= 11 is 0. The number of carbonyl (C=O) groups excluding carboxylic acids is 2. The van der Waals surface area contributed by atoms with Gasteiger partial charge in [0.2, 0.25) is 5.91 Å². The first-order valence-corrected chi connectivity index (χ1v) is 6.92. The van der Waals surface area contributed by atoms with E-state index < -0.39 is 12.0 Å². The summed E-state index contributed by atoms with van der Waals surface area (Å²) in [6, 6.07) is -1.10. The molecule has 7 heteroatoms. The fourth-order valence-electron chi connectivity index (χ4n) is 2.71. The molecule has 112 valence electrons. The summed E-state index contributed by atoms with van der Waals surface area (Å²) in [5, 5.41) is 9.28. The average Bonchev–Trinajstić information content (AvgIpc) is 2.41. The normalized spacial score (nSPS) is 27.7. The van der Waals surface area contributed by atoms with E-state index in [-0.39, 0.29) is 18.5 Å². The molecule has 7 nitrogen and oxygen atoms in total. The van der Waals surface area contributed by atoms with Gasteiger partial charge in [-0.3, -0.25) is 4.79 Å². The van der Waals surface area contributed by atoms with E-state index >= 15 is 0 Å². The molecule has 3 amide bonds. The van der Waals surface area contributed by atoms with E-state index in [0.717, 1.165) is 6.42 Å². The lowest BCUT2D eigenvalue weighted by Crippen LogP contribution is -2.59. The van der Waals surface area contributed by atoms with Gasteiger partial charge in [0.05, 0.1) is 0 Å². The number of piperidine rings is 1. The second-order valence-corrected chi connectivity index (χ2v) is 5.70. The Hall–Kier alpha value is -1.79. The summed E-state index contributed by atoms with van der Waals surface area (Å²) in [6.45, 7) is 3.42. The van der Waals surface area contributed by atoms with Crippen molar-refractivity contribution >= 4 is 17.9 Å². The molecule has 2 saturated heterocycles. The van der Waals surface area contributed by atoms with Crippen molar-refractivity contribution < 1.29 is 19.5 Å². The van der Waals surface area contributed by atoms with Crippen molar-refractivity contribution in [2.75, 3.05) is 33.2 Å². The van der Waals surface area contributed by atoms with Crippen molar-refractivity contribution in [1.29, 1.82) is 0 Å². The van der Waals surface area contributed by atoms with Gasteiger partial charge in [0, 0.05) is 26.7 Å². The highest BCUT2D eigenvalue weighted by Crippen LogP contribution is 2.24. The van der Waals surface area contributed by atoms with E-state index in [4.69, 9.17) is 0 Å². The molecule has 20 heavy (non-hydrogen) atoms. The highest BCUT2D eigenvalue weighted by atomic mass is 16.4. The molecule has 2 unspecified atom stereocenters. The molecule has 0 aliphatic carbocycles. The minimum atomic E-state index is -0.967. The molecular formula is C13H21N3O4. The largest absolute Gasteiger partial charge is 0.480 e. The van der Waals surface area contributed by atoms with Crippen LogP contribution in [0.3, 0.4) is 0 Å². The molecule has 0 radical (unpaired) electrons. The van der Waals surface area contributed by atoms with Crippen LogP contribution in [0.25, 0.3) is 0 Å². The van der Waals surface area contributed by atoms with Gasteiger partial charge >= 0.3 is 12.0 Å². The molecule has 0 aromatic carbocycles. The summed E-state index contributed by atoms with van der Waals surface area (Å²) in [7, 11) is 1.70. The Morgan fingerprint density at radius 2 is 1.95 bits per heavy atom. The third kappa shape index (κ3) is 2.86. The number of hydrogen-bond donors (Lipinski definition) is 1. The average molecular weight is 283 g/mol. The molecule has 0 aromatic heterocycles. The molecule has 0 spiro atoms. The van der Waals surface area contributed by atoms with Crippen molar-refractivity contribution in [3.63, 3.8) is 0 Å². The Labute approximate surface area is 118 Å². The summed E-state index contributed by atoms with van der Waals surface area (Å²) in [5.41, 5.74) is 0. The number of rotatable bonds is 1. The maximum absolute atomic E-state index is 12.4. The minimum absolute atomic E-state index is 0.0354. The number of hydrogen-bond acceptors (Lipinski definition) is 3. The van der Waals surface area contributed by atoms with Crippen molar-refractivity contribution in [3.05, 3.63) is 0 Å². The second kappa shape index (κ2) is 5.68. The van der Waals surface area contributed by atoms with Crippen LogP contribution in [0.4, 0.5) is 4.79 Å². The van der Waals surface area contributed by atoms with Gasteiger partial charge in [-0.25, -0.2) is 9.59 Å². The molecule has 2 atom stereocenters. The van der Waals surface area contributed by atoms with Crippen LogP contribution in [0.2, 0.25) is 0 Å². The monoisotopic (exact) mass is 283 g/mol. The number of likely N-dealkylation sites (tertiary alicyclic amines) is 1. The Kier molecular flexibility index (Phi) is 4.15. The number of amides is 3. The van der Waals surface area contributed by atoms with E-state index in [0.29, 0.717) is 32.0 Å². The van der Waals surface area contributed by atoms with E-state index in [1.165, 1.54) is 9.80 Å². The van der Waals surface area contributed by atoms with E-state index in [9.17, 15) is 19.5 Å². The number of aliphatic carboxylic acids is 1. The predicted octanol–water partition coefficient (Wildman–Crippen LogP) is 0.0655. The maximum Gasteiger partial charge on any atom is 0.326 e. The molecule has 2 heterocycles. The first-order valence-electron chi connectivity index (χ1n) is 6.92. The zero-order valence-corrected chi connectivity index (χ0v) is 11.9. The summed E-state index contributed by atoms with van der Waals surface area (Å²) in [6.07, 6.45) is 1.28. The first-order chi connectivity index (χ1) is 9.40. The first kappa shape index (κ1) is 14.6. The molecule has 1 N–H and O–H groups in total. The third-order valence-electron chi connectivity index (χ3n) is 4.12. The molecule has 2 fully saturated rings. The van der Waals surface area contributed by atoms with Crippen molar-refractivity contribution in [2.24, 2.45) is 5.92 Å². The molecule has 2 aliphatic heterocycles. The molecule has 0 bridgehead atoms. The topological polar surface area (TPSA) is 81.2 Å². The highest BCUT2D eigenvalue weighted by Gasteiger charge is 2.38. The van der Waals surface area contributed by atoms with Crippen LogP contribution >= 0.6 is 0 Å². The van der Waals surface area contributed by atoms with Crippen LogP contribution in [-0.4, -0.2) is 77.0 Å². The van der Waals surface area contributed by atoms with Crippen molar-refractivity contribution in [3.8, 4) is 0 Å². The van der Waals surface area contributed by atoms with Crippen LogP contribution in [0, 0.1) is 5.92 Å². The van der Waals surface area contributed by atoms with Crippen LogP contribution in [0.15, 0.2) is 0 Å². The van der Waals surface area contributed by atoms with E-state index in [1.54, 1.807) is 11.9 Å². The number of carbonyl (C=O) groups is 3. The molecule has 2 rings (SSSR count). The summed E-state index contributed by atoms with van der Waals surface area (Å²) in [4.78, 5) is 39.9. The molecular weight excluding hydrogens is 262 g/mol. The lowest BCUT2D eigenvalue weighted by molar-refractivity contribution is -0.144. The van der Waals surface area contributed by atoms with Gasteiger partial charge in [0.25, 0.3) is 0 Å². The van der Waals surface area contributed by atoms with Crippen LogP contribution < -0.4 is 0 Å². The van der Waals surface area contributed by atoms with Crippen LogP contribution in [0.5, 0.6) is 0 Å². The summed E-state index contributed by atoms with van der Waals surface area (Å²) < 4.78 is 0. The minimum Gasteiger partial charge on any atom is -0.480 e. The quantitative estimate of drug-likeness (QED) is 0.738. The van der Waals surface area contributed by atoms with Crippen LogP contribution in [-0.2, 0) is 9.59 Å². The smallest absolute Gasteiger partial charge is 0.326 e. The number of piperazine rings is 1. The number of carboxylic acid groups (broad SMARTS) is 1. The lowest BCUT2D eigenvalue weighted by Gasteiger charge is -2.40. The van der Waals surface area contributed by atoms with Gasteiger partial charge in [0.15, 0.2) is 0 Å². The molecule has 0 saturated carbocycles. The van der Waals surface area contributed by atoms with E-state index in [2.05, 4.69) is 0 Å².